The lowest BCUT2D eigenvalue weighted by molar-refractivity contribution is -0.138. The third-order valence-electron chi connectivity index (χ3n) is 6.17. The van der Waals surface area contributed by atoms with Gasteiger partial charge in [0.1, 0.15) is 0 Å². The van der Waals surface area contributed by atoms with E-state index in [1.807, 2.05) is 4.90 Å². The van der Waals surface area contributed by atoms with Crippen molar-refractivity contribution in [2.75, 3.05) is 26.2 Å². The quantitative estimate of drug-likeness (QED) is 0.660. The van der Waals surface area contributed by atoms with Crippen LogP contribution in [0.4, 0.5) is 0 Å². The molecule has 1 aliphatic heterocycles. The van der Waals surface area contributed by atoms with E-state index < -0.39 is 0 Å². The van der Waals surface area contributed by atoms with Gasteiger partial charge in [0.25, 0.3) is 0 Å². The molecule has 5 heteroatoms. The number of rotatable bonds is 8. The van der Waals surface area contributed by atoms with Gasteiger partial charge in [-0.25, -0.2) is 0 Å². The molecule has 0 aromatic heterocycles. The largest absolute Gasteiger partial charge is 0.356 e. The Morgan fingerprint density at radius 3 is 2.40 bits per heavy atom. The molecule has 144 valence electrons. The molecule has 25 heavy (non-hydrogen) atoms. The average molecular weight is 352 g/mol. The Kier molecular flexibility index (Phi) is 8.20. The molecule has 0 atom stereocenters. The summed E-state index contributed by atoms with van der Waals surface area (Å²) in [4.78, 5) is 26.9. The average Bonchev–Trinajstić information content (AvgIpc) is 2.66. The molecule has 2 aliphatic rings. The maximum absolute atomic E-state index is 12.7. The highest BCUT2D eigenvalue weighted by atomic mass is 16.2. The van der Waals surface area contributed by atoms with Crippen LogP contribution in [0.15, 0.2) is 0 Å². The van der Waals surface area contributed by atoms with E-state index in [0.29, 0.717) is 26.1 Å². The van der Waals surface area contributed by atoms with Crippen molar-refractivity contribution in [1.82, 2.24) is 10.2 Å². The summed E-state index contributed by atoms with van der Waals surface area (Å²) in [6.07, 6.45) is 11.4. The van der Waals surface area contributed by atoms with Crippen LogP contribution in [0.1, 0.15) is 77.6 Å². The summed E-state index contributed by atoms with van der Waals surface area (Å²) in [6, 6.07) is 0. The van der Waals surface area contributed by atoms with Crippen molar-refractivity contribution in [1.29, 1.82) is 0 Å². The highest BCUT2D eigenvalue weighted by molar-refractivity contribution is 5.80. The maximum Gasteiger partial charge on any atom is 0.223 e. The van der Waals surface area contributed by atoms with Crippen molar-refractivity contribution in [3.63, 3.8) is 0 Å². The van der Waals surface area contributed by atoms with Gasteiger partial charge < -0.3 is 16.0 Å². The predicted molar refractivity (Wildman–Crippen MR) is 101 cm³/mol. The van der Waals surface area contributed by atoms with Crippen molar-refractivity contribution in [2.45, 2.75) is 77.6 Å². The van der Waals surface area contributed by atoms with E-state index in [-0.39, 0.29) is 23.1 Å². The van der Waals surface area contributed by atoms with Crippen LogP contribution in [0.5, 0.6) is 0 Å². The molecule has 1 saturated carbocycles. The van der Waals surface area contributed by atoms with E-state index in [4.69, 9.17) is 5.73 Å². The van der Waals surface area contributed by atoms with E-state index in [0.717, 1.165) is 45.1 Å². The Hall–Kier alpha value is -1.10. The highest BCUT2D eigenvalue weighted by Crippen LogP contribution is 2.39. The molecule has 0 aromatic rings. The first kappa shape index (κ1) is 20.2. The van der Waals surface area contributed by atoms with Gasteiger partial charge in [-0.2, -0.15) is 0 Å². The molecule has 2 rings (SSSR count). The normalized spacial score (nSPS) is 21.1. The number of piperidine rings is 1. The molecule has 3 N–H and O–H groups in total. The van der Waals surface area contributed by atoms with Gasteiger partial charge in [-0.1, -0.05) is 39.0 Å². The lowest BCUT2D eigenvalue weighted by atomic mass is 9.71. The first-order valence-corrected chi connectivity index (χ1v) is 10.4. The molecular weight excluding hydrogens is 314 g/mol. The summed E-state index contributed by atoms with van der Waals surface area (Å²) in [5, 5.41) is 3.05. The second-order valence-corrected chi connectivity index (χ2v) is 8.09. The highest BCUT2D eigenvalue weighted by Gasteiger charge is 2.35. The molecule has 2 amide bonds. The van der Waals surface area contributed by atoms with Crippen LogP contribution in [0.3, 0.4) is 0 Å². The van der Waals surface area contributed by atoms with Crippen molar-refractivity contribution in [2.24, 2.45) is 17.1 Å². The maximum atomic E-state index is 12.7. The first-order valence-electron chi connectivity index (χ1n) is 10.4. The van der Waals surface area contributed by atoms with Crippen molar-refractivity contribution in [3.8, 4) is 0 Å². The van der Waals surface area contributed by atoms with Gasteiger partial charge in [-0.15, -0.1) is 0 Å². The standard InChI is InChI=1S/C20H37N3O2/c1-2-3-7-12-22-19(25)17-8-13-23(14-9-17)18(24)15-20(16-21)10-5-4-6-11-20/h17H,2-16,21H2,1H3,(H,22,25). The molecule has 0 aromatic carbocycles. The molecule has 1 aliphatic carbocycles. The first-order chi connectivity index (χ1) is 12.1. The Labute approximate surface area is 153 Å². The van der Waals surface area contributed by atoms with Crippen molar-refractivity contribution >= 4 is 11.8 Å². The number of likely N-dealkylation sites (tertiary alicyclic amines) is 1. The fourth-order valence-electron chi connectivity index (χ4n) is 4.31. The number of hydrogen-bond acceptors (Lipinski definition) is 3. The third kappa shape index (κ3) is 5.98. The van der Waals surface area contributed by atoms with Gasteiger partial charge in [-0.05, 0) is 44.1 Å². The molecule has 0 spiro atoms. The smallest absolute Gasteiger partial charge is 0.223 e. The Bertz CT molecular complexity index is 425. The summed E-state index contributed by atoms with van der Waals surface area (Å²) < 4.78 is 0. The zero-order valence-corrected chi connectivity index (χ0v) is 16.0. The van der Waals surface area contributed by atoms with E-state index in [1.54, 1.807) is 0 Å². The second-order valence-electron chi connectivity index (χ2n) is 8.09. The predicted octanol–water partition coefficient (Wildman–Crippen LogP) is 2.83. The molecule has 0 unspecified atom stereocenters. The fourth-order valence-corrected chi connectivity index (χ4v) is 4.31. The van der Waals surface area contributed by atoms with Gasteiger partial charge in [0.05, 0.1) is 0 Å². The van der Waals surface area contributed by atoms with Crippen molar-refractivity contribution < 1.29 is 9.59 Å². The molecular formula is C20H37N3O2. The van der Waals surface area contributed by atoms with E-state index >= 15 is 0 Å². The van der Waals surface area contributed by atoms with Gasteiger partial charge in [0, 0.05) is 32.0 Å². The molecule has 1 saturated heterocycles. The number of amides is 2. The Morgan fingerprint density at radius 2 is 1.80 bits per heavy atom. The summed E-state index contributed by atoms with van der Waals surface area (Å²) >= 11 is 0. The summed E-state index contributed by atoms with van der Waals surface area (Å²) in [5.74, 6) is 0.492. The third-order valence-corrected chi connectivity index (χ3v) is 6.17. The van der Waals surface area contributed by atoms with Crippen LogP contribution < -0.4 is 11.1 Å². The van der Waals surface area contributed by atoms with Crippen LogP contribution in [0.25, 0.3) is 0 Å². The minimum atomic E-state index is 0.0306. The zero-order valence-electron chi connectivity index (χ0n) is 16.0. The number of nitrogens with one attached hydrogen (secondary N) is 1. The molecule has 0 radical (unpaired) electrons. The SMILES string of the molecule is CCCCCNC(=O)C1CCN(C(=O)CC2(CN)CCCCC2)CC1. The van der Waals surface area contributed by atoms with Crippen molar-refractivity contribution in [3.05, 3.63) is 0 Å². The van der Waals surface area contributed by atoms with Crippen LogP contribution in [-0.4, -0.2) is 42.9 Å². The van der Waals surface area contributed by atoms with E-state index in [9.17, 15) is 9.59 Å². The minimum Gasteiger partial charge on any atom is -0.356 e. The lowest BCUT2D eigenvalue weighted by Gasteiger charge is -2.38. The molecule has 2 fully saturated rings. The van der Waals surface area contributed by atoms with Crippen LogP contribution >= 0.6 is 0 Å². The van der Waals surface area contributed by atoms with Gasteiger partial charge in [0.15, 0.2) is 0 Å². The van der Waals surface area contributed by atoms with Crippen LogP contribution in [0, 0.1) is 11.3 Å². The fraction of sp³-hybridized carbons (Fsp3) is 0.900. The van der Waals surface area contributed by atoms with Gasteiger partial charge in [0.2, 0.25) is 11.8 Å². The van der Waals surface area contributed by atoms with E-state index in [1.165, 1.54) is 25.7 Å². The van der Waals surface area contributed by atoms with Crippen LogP contribution in [-0.2, 0) is 9.59 Å². The number of nitrogens with zero attached hydrogens (tertiary/aromatic N) is 1. The molecule has 0 bridgehead atoms. The summed E-state index contributed by atoms with van der Waals surface area (Å²) in [7, 11) is 0. The second kappa shape index (κ2) is 10.1. The zero-order chi connectivity index (χ0) is 18.1. The Balaban J connectivity index is 1.73. The van der Waals surface area contributed by atoms with Gasteiger partial charge in [-0.3, -0.25) is 9.59 Å². The topological polar surface area (TPSA) is 75.4 Å². The summed E-state index contributed by atoms with van der Waals surface area (Å²) in [5.41, 5.74) is 6.05. The van der Waals surface area contributed by atoms with Gasteiger partial charge >= 0.3 is 0 Å². The number of carbonyl (C=O) groups is 2. The molecule has 5 nitrogen and oxygen atoms in total. The van der Waals surface area contributed by atoms with E-state index in [2.05, 4.69) is 12.2 Å². The Morgan fingerprint density at radius 1 is 1.12 bits per heavy atom. The number of unbranched alkanes of at least 4 members (excludes halogenated alkanes) is 2. The number of hydrogen-bond donors (Lipinski definition) is 2. The minimum absolute atomic E-state index is 0.0306. The monoisotopic (exact) mass is 351 g/mol. The summed E-state index contributed by atoms with van der Waals surface area (Å²) in [6.45, 7) is 5.00. The lowest BCUT2D eigenvalue weighted by Crippen LogP contribution is -2.45. The number of carbonyl (C=O) groups excluding carboxylic acids is 2. The number of nitrogens with two attached hydrogens (primary N) is 1. The van der Waals surface area contributed by atoms with Crippen LogP contribution in [0.2, 0.25) is 0 Å². The molecule has 1 heterocycles.